The molecular formula is C32H50S3. The maximum atomic E-state index is 2.54. The van der Waals surface area contributed by atoms with Gasteiger partial charge in [-0.05, 0) is 96.9 Å². The van der Waals surface area contributed by atoms with Crippen LogP contribution in [-0.4, -0.2) is 10.5 Å². The number of rotatable bonds is 14. The zero-order chi connectivity index (χ0) is 26.1. The summed E-state index contributed by atoms with van der Waals surface area (Å²) >= 11 is 6.28. The second kappa shape index (κ2) is 15.0. The molecule has 2 aromatic rings. The van der Waals surface area contributed by atoms with Gasteiger partial charge in [0.25, 0.3) is 0 Å². The Hall–Kier alpha value is -0.510. The summed E-state index contributed by atoms with van der Waals surface area (Å²) in [5.41, 5.74) is 9.46. The summed E-state index contributed by atoms with van der Waals surface area (Å²) in [5.74, 6) is 0. The summed E-state index contributed by atoms with van der Waals surface area (Å²) in [4.78, 5) is 6.16. The van der Waals surface area contributed by atoms with Crippen LogP contribution in [0.5, 0.6) is 0 Å². The van der Waals surface area contributed by atoms with Gasteiger partial charge in [-0.25, -0.2) is 0 Å². The third kappa shape index (κ3) is 7.29. The Kier molecular flexibility index (Phi) is 13.2. The first-order valence-electron chi connectivity index (χ1n) is 14.2. The van der Waals surface area contributed by atoms with Crippen LogP contribution in [0.25, 0.3) is 0 Å². The van der Waals surface area contributed by atoms with E-state index < -0.39 is 0 Å². The van der Waals surface area contributed by atoms with Crippen molar-refractivity contribution in [2.24, 2.45) is 0 Å². The fourth-order valence-corrected chi connectivity index (χ4v) is 8.89. The average Bonchev–Trinajstić information content (AvgIpc) is 2.88. The molecule has 3 heteroatoms. The van der Waals surface area contributed by atoms with Gasteiger partial charge in [0.1, 0.15) is 0 Å². The molecule has 0 aliphatic rings. The van der Waals surface area contributed by atoms with E-state index in [1.165, 1.54) is 33.8 Å². The summed E-state index contributed by atoms with van der Waals surface area (Å²) in [6, 6.07) is 5.09. The van der Waals surface area contributed by atoms with E-state index in [1.807, 2.05) is 0 Å². The first kappa shape index (κ1) is 30.7. The van der Waals surface area contributed by atoms with E-state index in [0.717, 1.165) is 38.5 Å². The predicted molar refractivity (Wildman–Crippen MR) is 164 cm³/mol. The highest BCUT2D eigenvalue weighted by molar-refractivity contribution is 8.00. The lowest BCUT2D eigenvalue weighted by molar-refractivity contribution is 0.886. The lowest BCUT2D eigenvalue weighted by Gasteiger charge is -2.25. The number of hydrogen-bond acceptors (Lipinski definition) is 3. The van der Waals surface area contributed by atoms with Crippen LogP contribution in [0.1, 0.15) is 115 Å². The van der Waals surface area contributed by atoms with Crippen molar-refractivity contribution >= 4 is 35.3 Å². The Bertz CT molecular complexity index is 883. The van der Waals surface area contributed by atoms with Crippen molar-refractivity contribution in [2.75, 3.05) is 0 Å². The molecule has 0 radical (unpaired) electrons. The van der Waals surface area contributed by atoms with Gasteiger partial charge in [0.05, 0.1) is 0 Å². The average molecular weight is 531 g/mol. The second-order valence-corrected chi connectivity index (χ2v) is 13.5. The zero-order valence-corrected chi connectivity index (χ0v) is 26.6. The zero-order valence-electron chi connectivity index (χ0n) is 24.2. The van der Waals surface area contributed by atoms with E-state index >= 15 is 0 Å². The van der Waals surface area contributed by atoms with Crippen molar-refractivity contribution < 1.29 is 0 Å². The smallest absolute Gasteiger partial charge is 0.0189 e. The molecule has 0 fully saturated rings. The van der Waals surface area contributed by atoms with Crippen molar-refractivity contribution in [3.63, 3.8) is 0 Å². The lowest BCUT2D eigenvalue weighted by Crippen LogP contribution is -2.06. The monoisotopic (exact) mass is 530 g/mol. The van der Waals surface area contributed by atoms with Gasteiger partial charge in [-0.3, -0.25) is 0 Å². The molecule has 0 heterocycles. The summed E-state index contributed by atoms with van der Waals surface area (Å²) in [6.45, 7) is 23.5. The first-order chi connectivity index (χ1) is 16.8. The number of benzene rings is 2. The molecule has 0 aliphatic heterocycles. The normalized spacial score (nSPS) is 13.3. The van der Waals surface area contributed by atoms with Crippen LogP contribution < -0.4 is 0 Å². The van der Waals surface area contributed by atoms with Crippen LogP contribution in [-0.2, 0) is 38.5 Å². The van der Waals surface area contributed by atoms with Gasteiger partial charge >= 0.3 is 0 Å². The summed E-state index contributed by atoms with van der Waals surface area (Å²) < 4.78 is 0. The molecule has 0 amide bonds. The van der Waals surface area contributed by atoms with Gasteiger partial charge in [-0.2, -0.15) is 0 Å². The Labute approximate surface area is 230 Å². The molecule has 2 rings (SSSR count). The Morgan fingerprint density at radius 1 is 0.514 bits per heavy atom. The number of hydrogen-bond donors (Lipinski definition) is 0. The van der Waals surface area contributed by atoms with Crippen LogP contribution in [0.3, 0.4) is 0 Å². The number of aryl methyl sites for hydroxylation is 2. The molecule has 0 bridgehead atoms. The first-order valence-corrected chi connectivity index (χ1v) is 16.8. The highest BCUT2D eigenvalue weighted by Crippen LogP contribution is 2.46. The minimum atomic E-state index is 0.661. The van der Waals surface area contributed by atoms with Crippen LogP contribution >= 0.6 is 35.3 Å². The molecule has 0 nitrogen and oxygen atoms in total. The quantitative estimate of drug-likeness (QED) is 0.223. The van der Waals surface area contributed by atoms with E-state index in [1.54, 1.807) is 32.0 Å². The van der Waals surface area contributed by atoms with E-state index in [0.29, 0.717) is 10.5 Å². The van der Waals surface area contributed by atoms with Gasteiger partial charge in [-0.15, -0.1) is 23.5 Å². The minimum Gasteiger partial charge on any atom is -0.123 e. The van der Waals surface area contributed by atoms with Crippen molar-refractivity contribution in [1.29, 1.82) is 0 Å². The van der Waals surface area contributed by atoms with Crippen molar-refractivity contribution in [2.45, 2.75) is 151 Å². The van der Waals surface area contributed by atoms with Crippen LogP contribution in [0, 0.1) is 0 Å². The molecule has 196 valence electrons. The molecule has 2 aromatic carbocycles. The third-order valence-electron chi connectivity index (χ3n) is 7.25. The van der Waals surface area contributed by atoms with E-state index in [9.17, 15) is 0 Å². The van der Waals surface area contributed by atoms with E-state index in [2.05, 4.69) is 117 Å². The molecule has 0 aromatic heterocycles. The van der Waals surface area contributed by atoms with E-state index in [4.69, 9.17) is 0 Å². The van der Waals surface area contributed by atoms with Crippen molar-refractivity contribution in [3.8, 4) is 0 Å². The van der Waals surface area contributed by atoms with Crippen LogP contribution in [0.15, 0.2) is 31.7 Å². The maximum Gasteiger partial charge on any atom is 0.0189 e. The molecule has 35 heavy (non-hydrogen) atoms. The summed E-state index contributed by atoms with van der Waals surface area (Å²) in [5, 5.41) is 1.32. The molecule has 0 N–H and O–H groups in total. The van der Waals surface area contributed by atoms with Crippen LogP contribution in [0.2, 0.25) is 0 Å². The lowest BCUT2D eigenvalue weighted by atomic mass is 9.98. The standard InChI is InChI=1S/C32H50S3/c1-11-21(9)33-29-19-23(13-3)31(27(17-7)25(29)15-5)35-32-24(14-4)20-30(34-22(10)12-2)26(16-6)28(32)18-8/h19-22H,11-18H2,1-10H3. The molecule has 0 aliphatic carbocycles. The molecular weight excluding hydrogens is 481 g/mol. The third-order valence-corrected chi connectivity index (χ3v) is 11.4. The Morgan fingerprint density at radius 2 is 0.857 bits per heavy atom. The van der Waals surface area contributed by atoms with Gasteiger partial charge in [-0.1, -0.05) is 81.0 Å². The minimum absolute atomic E-state index is 0.661. The van der Waals surface area contributed by atoms with Crippen LogP contribution in [0.4, 0.5) is 0 Å². The fourth-order valence-electron chi connectivity index (χ4n) is 4.80. The highest BCUT2D eigenvalue weighted by Gasteiger charge is 2.22. The summed E-state index contributed by atoms with van der Waals surface area (Å²) in [6.07, 6.45) is 9.08. The highest BCUT2D eigenvalue weighted by atomic mass is 32.2. The molecule has 2 unspecified atom stereocenters. The van der Waals surface area contributed by atoms with Gasteiger partial charge in [0.2, 0.25) is 0 Å². The largest absolute Gasteiger partial charge is 0.123 e. The molecule has 0 saturated heterocycles. The predicted octanol–water partition coefficient (Wildman–Crippen LogP) is 11.0. The van der Waals surface area contributed by atoms with Crippen molar-refractivity contribution in [3.05, 3.63) is 45.5 Å². The second-order valence-electron chi connectivity index (χ2n) is 9.54. The topological polar surface area (TPSA) is 0 Å². The number of thioether (sulfide) groups is 2. The Morgan fingerprint density at radius 3 is 1.11 bits per heavy atom. The fraction of sp³-hybridized carbons (Fsp3) is 0.625. The van der Waals surface area contributed by atoms with Gasteiger partial charge in [0.15, 0.2) is 0 Å². The Balaban J connectivity index is 2.75. The van der Waals surface area contributed by atoms with Gasteiger partial charge in [0, 0.05) is 30.1 Å². The summed E-state index contributed by atoms with van der Waals surface area (Å²) in [7, 11) is 0. The molecule has 2 atom stereocenters. The van der Waals surface area contributed by atoms with Gasteiger partial charge < -0.3 is 0 Å². The molecule has 0 saturated carbocycles. The SMILES string of the molecule is CCc1cc(SC(C)CC)c(CC)c(CC)c1Sc1c(CC)cc(SC(C)CC)c(CC)c1CC. The van der Waals surface area contributed by atoms with E-state index in [-0.39, 0.29) is 0 Å². The maximum absolute atomic E-state index is 2.54. The van der Waals surface area contributed by atoms with Crippen molar-refractivity contribution in [1.82, 2.24) is 0 Å². The molecule has 0 spiro atoms.